The minimum Gasteiger partial charge on any atom is -0.481 e. The molecule has 25 heavy (non-hydrogen) atoms. The van der Waals surface area contributed by atoms with Gasteiger partial charge in [0.15, 0.2) is 0 Å². The van der Waals surface area contributed by atoms with Crippen LogP contribution in [-0.4, -0.2) is 29.4 Å². The van der Waals surface area contributed by atoms with Gasteiger partial charge in [-0.2, -0.15) is 0 Å². The Kier molecular flexibility index (Phi) is 6.71. The lowest BCUT2D eigenvalue weighted by atomic mass is 10.1. The molecule has 0 aliphatic heterocycles. The van der Waals surface area contributed by atoms with Crippen LogP contribution in [0, 0.1) is 0 Å². The molecule has 3 N–H and O–H groups in total. The molecule has 0 aromatic heterocycles. The maximum absolute atomic E-state index is 11.9. The topological polar surface area (TPSA) is 95.5 Å². The Hall–Kier alpha value is -3.15. The average molecular weight is 340 g/mol. The molecule has 2 rings (SSSR count). The zero-order chi connectivity index (χ0) is 18.1. The summed E-state index contributed by atoms with van der Waals surface area (Å²) in [6.45, 7) is -0.105. The van der Waals surface area contributed by atoms with Crippen LogP contribution in [-0.2, 0) is 27.2 Å². The van der Waals surface area contributed by atoms with Crippen LogP contribution in [0.1, 0.15) is 17.5 Å². The lowest BCUT2D eigenvalue weighted by molar-refractivity contribution is -0.137. The minimum atomic E-state index is -0.844. The van der Waals surface area contributed by atoms with E-state index in [4.69, 9.17) is 5.11 Å². The van der Waals surface area contributed by atoms with E-state index in [2.05, 4.69) is 10.6 Å². The number of aliphatic carboxylic acids is 1. The number of rotatable bonds is 8. The highest BCUT2D eigenvalue weighted by atomic mass is 16.4. The van der Waals surface area contributed by atoms with Gasteiger partial charge in [0.1, 0.15) is 0 Å². The number of benzene rings is 2. The van der Waals surface area contributed by atoms with Crippen molar-refractivity contribution in [3.05, 3.63) is 65.7 Å². The minimum absolute atomic E-state index is 0.0686. The molecule has 0 aliphatic rings. The van der Waals surface area contributed by atoms with Crippen LogP contribution >= 0.6 is 0 Å². The molecule has 0 saturated carbocycles. The quantitative estimate of drug-likeness (QED) is 0.685. The first-order chi connectivity index (χ1) is 12.0. The number of carboxylic acid groups (broad SMARTS) is 1. The number of amides is 2. The van der Waals surface area contributed by atoms with Gasteiger partial charge >= 0.3 is 5.97 Å². The van der Waals surface area contributed by atoms with Gasteiger partial charge in [0.05, 0.1) is 13.0 Å². The van der Waals surface area contributed by atoms with Gasteiger partial charge < -0.3 is 15.7 Å². The number of nitrogens with one attached hydrogen (secondary N) is 2. The zero-order valence-corrected chi connectivity index (χ0v) is 13.7. The second kappa shape index (κ2) is 9.22. The van der Waals surface area contributed by atoms with Crippen molar-refractivity contribution < 1.29 is 19.5 Å². The molecule has 0 saturated heterocycles. The fourth-order valence-corrected chi connectivity index (χ4v) is 2.23. The smallest absolute Gasteiger partial charge is 0.303 e. The number of hydrogen-bond donors (Lipinski definition) is 3. The van der Waals surface area contributed by atoms with Crippen LogP contribution < -0.4 is 10.6 Å². The molecule has 6 nitrogen and oxygen atoms in total. The third-order valence-electron chi connectivity index (χ3n) is 3.52. The monoisotopic (exact) mass is 340 g/mol. The van der Waals surface area contributed by atoms with Gasteiger partial charge in [-0.3, -0.25) is 14.4 Å². The molecule has 6 heteroatoms. The Morgan fingerprint density at radius 2 is 1.52 bits per heavy atom. The molecule has 2 aromatic carbocycles. The number of carbonyl (C=O) groups is 3. The zero-order valence-electron chi connectivity index (χ0n) is 13.7. The van der Waals surface area contributed by atoms with Crippen LogP contribution in [0.2, 0.25) is 0 Å². The second-order valence-electron chi connectivity index (χ2n) is 5.58. The first kappa shape index (κ1) is 18.2. The molecule has 0 unspecified atom stereocenters. The first-order valence-corrected chi connectivity index (χ1v) is 7.94. The Morgan fingerprint density at radius 1 is 0.840 bits per heavy atom. The van der Waals surface area contributed by atoms with E-state index in [1.165, 1.54) is 0 Å². The van der Waals surface area contributed by atoms with E-state index >= 15 is 0 Å². The number of hydrogen-bond acceptors (Lipinski definition) is 3. The molecule has 0 fully saturated rings. The van der Waals surface area contributed by atoms with E-state index in [9.17, 15) is 14.4 Å². The predicted molar refractivity (Wildman–Crippen MR) is 94.2 cm³/mol. The van der Waals surface area contributed by atoms with E-state index in [0.717, 1.165) is 11.1 Å². The molecule has 2 amide bonds. The molecule has 0 atom stereocenters. The Balaban J connectivity index is 1.74. The molecular weight excluding hydrogens is 320 g/mol. The summed E-state index contributed by atoms with van der Waals surface area (Å²) in [4.78, 5) is 34.2. The molecule has 0 heterocycles. The van der Waals surface area contributed by atoms with Crippen molar-refractivity contribution in [1.29, 1.82) is 0 Å². The van der Waals surface area contributed by atoms with E-state index in [-0.39, 0.29) is 31.2 Å². The Labute approximate surface area is 145 Å². The Morgan fingerprint density at radius 3 is 2.16 bits per heavy atom. The molecule has 0 aliphatic carbocycles. The summed E-state index contributed by atoms with van der Waals surface area (Å²) in [6, 6.07) is 16.3. The predicted octanol–water partition coefficient (Wildman–Crippen LogP) is 2.00. The SMILES string of the molecule is O=C(O)CCc1ccc(NC(=O)CNC(=O)Cc2ccccc2)cc1. The third-order valence-corrected chi connectivity index (χ3v) is 3.52. The van der Waals surface area contributed by atoms with Gasteiger partial charge in [0.25, 0.3) is 0 Å². The number of aryl methyl sites for hydroxylation is 1. The molecule has 0 bridgehead atoms. The van der Waals surface area contributed by atoms with Crippen LogP contribution in [0.3, 0.4) is 0 Å². The highest BCUT2D eigenvalue weighted by Gasteiger charge is 2.07. The van der Waals surface area contributed by atoms with Gasteiger partial charge in [0, 0.05) is 12.1 Å². The van der Waals surface area contributed by atoms with Gasteiger partial charge in [0.2, 0.25) is 11.8 Å². The van der Waals surface area contributed by atoms with Crippen molar-refractivity contribution in [2.24, 2.45) is 0 Å². The van der Waals surface area contributed by atoms with Crippen LogP contribution in [0.4, 0.5) is 5.69 Å². The highest BCUT2D eigenvalue weighted by Crippen LogP contribution is 2.11. The number of carbonyl (C=O) groups excluding carboxylic acids is 2. The number of carboxylic acids is 1. The van der Waals surface area contributed by atoms with Crippen molar-refractivity contribution >= 4 is 23.5 Å². The maximum atomic E-state index is 11.9. The maximum Gasteiger partial charge on any atom is 0.303 e. The average Bonchev–Trinajstić information content (AvgIpc) is 2.60. The van der Waals surface area contributed by atoms with E-state index in [1.54, 1.807) is 24.3 Å². The van der Waals surface area contributed by atoms with Crippen LogP contribution in [0.5, 0.6) is 0 Å². The van der Waals surface area contributed by atoms with Gasteiger partial charge in [-0.05, 0) is 29.7 Å². The first-order valence-electron chi connectivity index (χ1n) is 7.94. The lowest BCUT2D eigenvalue weighted by Crippen LogP contribution is -2.33. The lowest BCUT2D eigenvalue weighted by Gasteiger charge is -2.08. The van der Waals surface area contributed by atoms with Crippen molar-refractivity contribution in [3.63, 3.8) is 0 Å². The van der Waals surface area contributed by atoms with Gasteiger partial charge in [-0.1, -0.05) is 42.5 Å². The number of anilines is 1. The molecule has 0 spiro atoms. The van der Waals surface area contributed by atoms with E-state index in [1.807, 2.05) is 30.3 Å². The van der Waals surface area contributed by atoms with Crippen molar-refractivity contribution in [2.75, 3.05) is 11.9 Å². The Bertz CT molecular complexity index is 727. The third kappa shape index (κ3) is 6.87. The molecule has 2 aromatic rings. The fraction of sp³-hybridized carbons (Fsp3) is 0.211. The van der Waals surface area contributed by atoms with Gasteiger partial charge in [-0.15, -0.1) is 0 Å². The van der Waals surface area contributed by atoms with Crippen molar-refractivity contribution in [3.8, 4) is 0 Å². The van der Waals surface area contributed by atoms with E-state index in [0.29, 0.717) is 12.1 Å². The summed E-state index contributed by atoms with van der Waals surface area (Å²) in [5.74, 6) is -1.38. The summed E-state index contributed by atoms with van der Waals surface area (Å²) in [5, 5.41) is 13.9. The summed E-state index contributed by atoms with van der Waals surface area (Å²) in [5.41, 5.74) is 2.37. The second-order valence-corrected chi connectivity index (χ2v) is 5.58. The van der Waals surface area contributed by atoms with Crippen molar-refractivity contribution in [2.45, 2.75) is 19.3 Å². The van der Waals surface area contributed by atoms with Gasteiger partial charge in [-0.25, -0.2) is 0 Å². The van der Waals surface area contributed by atoms with Crippen LogP contribution in [0.25, 0.3) is 0 Å². The van der Waals surface area contributed by atoms with Crippen LogP contribution in [0.15, 0.2) is 54.6 Å². The van der Waals surface area contributed by atoms with E-state index < -0.39 is 5.97 Å². The molecular formula is C19H20N2O4. The summed E-state index contributed by atoms with van der Waals surface area (Å²) in [6.07, 6.45) is 0.741. The standard InChI is InChI=1S/C19H20N2O4/c22-17(12-15-4-2-1-3-5-15)20-13-18(23)21-16-9-6-14(7-10-16)8-11-19(24)25/h1-7,9-10H,8,11-13H2,(H,20,22)(H,21,23)(H,24,25). The molecule has 0 radical (unpaired) electrons. The normalized spacial score (nSPS) is 10.1. The molecule has 130 valence electrons. The largest absolute Gasteiger partial charge is 0.481 e. The summed E-state index contributed by atoms with van der Waals surface area (Å²) >= 11 is 0. The highest BCUT2D eigenvalue weighted by molar-refractivity contribution is 5.94. The summed E-state index contributed by atoms with van der Waals surface area (Å²) < 4.78 is 0. The fourth-order valence-electron chi connectivity index (χ4n) is 2.23. The van der Waals surface area contributed by atoms with Crippen molar-refractivity contribution in [1.82, 2.24) is 5.32 Å². The summed E-state index contributed by atoms with van der Waals surface area (Å²) in [7, 11) is 0.